The Bertz CT molecular complexity index is 529. The molecule has 0 spiro atoms. The summed E-state index contributed by atoms with van der Waals surface area (Å²) in [7, 11) is -3.51. The third-order valence-corrected chi connectivity index (χ3v) is 4.01. The molecule has 0 saturated heterocycles. The van der Waals surface area contributed by atoms with Crippen molar-refractivity contribution in [1.29, 1.82) is 0 Å². The van der Waals surface area contributed by atoms with E-state index in [1.807, 2.05) is 0 Å². The van der Waals surface area contributed by atoms with Crippen molar-refractivity contribution in [3.8, 4) is 5.75 Å². The van der Waals surface area contributed by atoms with Crippen molar-refractivity contribution < 1.29 is 21.9 Å². The lowest BCUT2D eigenvalue weighted by molar-refractivity contribution is -0.0497. The summed E-state index contributed by atoms with van der Waals surface area (Å²) in [6.45, 7) is -1.36. The normalized spacial score (nSPS) is 11.7. The lowest BCUT2D eigenvalue weighted by Gasteiger charge is -2.12. The third kappa shape index (κ3) is 5.00. The van der Waals surface area contributed by atoms with E-state index in [0.29, 0.717) is 6.42 Å². The fraction of sp³-hybridized carbons (Fsp3) is 0.400. The molecule has 4 nitrogen and oxygen atoms in total. The van der Waals surface area contributed by atoms with Crippen LogP contribution in [0, 0.1) is 0 Å². The number of alkyl halides is 2. The molecule has 1 aromatic carbocycles. The summed E-state index contributed by atoms with van der Waals surface area (Å²) < 4.78 is 53.7. The van der Waals surface area contributed by atoms with E-state index in [4.69, 9.17) is 23.2 Å². The van der Waals surface area contributed by atoms with Crippen LogP contribution in [0.1, 0.15) is 13.3 Å². The van der Waals surface area contributed by atoms with Crippen LogP contribution in [0.2, 0.25) is 10.0 Å². The first-order chi connectivity index (χ1) is 8.75. The van der Waals surface area contributed by atoms with Gasteiger partial charge in [-0.25, -0.2) is 8.42 Å². The molecule has 19 heavy (non-hydrogen) atoms. The number of ether oxygens (including phenoxy) is 1. The van der Waals surface area contributed by atoms with Crippen molar-refractivity contribution in [3.63, 3.8) is 0 Å². The first-order valence-electron chi connectivity index (χ1n) is 5.19. The largest absolute Gasteiger partial charge is 0.432 e. The van der Waals surface area contributed by atoms with Crippen molar-refractivity contribution in [2.24, 2.45) is 0 Å². The van der Waals surface area contributed by atoms with Crippen LogP contribution in [0.25, 0.3) is 0 Å². The smallest absolute Gasteiger partial charge is 0.387 e. The summed E-state index contributed by atoms with van der Waals surface area (Å²) in [6, 6.07) is 2.30. The van der Waals surface area contributed by atoms with Crippen LogP contribution in [0.5, 0.6) is 5.75 Å². The second-order valence-electron chi connectivity index (χ2n) is 3.57. The molecule has 0 amide bonds. The Hall–Kier alpha value is -0.790. The van der Waals surface area contributed by atoms with Crippen LogP contribution in [0.3, 0.4) is 0 Å². The molecule has 1 rings (SSSR count). The maximum absolute atomic E-state index is 12.1. The van der Waals surface area contributed by atoms with Gasteiger partial charge in [-0.3, -0.25) is 4.72 Å². The van der Waals surface area contributed by atoms with Crippen LogP contribution in [-0.2, 0) is 10.0 Å². The molecule has 0 fully saturated rings. The average molecular weight is 334 g/mol. The molecule has 108 valence electrons. The van der Waals surface area contributed by atoms with E-state index in [0.717, 1.165) is 12.1 Å². The second-order valence-corrected chi connectivity index (χ2v) is 6.22. The minimum absolute atomic E-state index is 0.0719. The van der Waals surface area contributed by atoms with Crippen molar-refractivity contribution in [2.45, 2.75) is 20.0 Å². The van der Waals surface area contributed by atoms with Crippen LogP contribution < -0.4 is 9.46 Å². The van der Waals surface area contributed by atoms with Gasteiger partial charge in [0.05, 0.1) is 21.5 Å². The molecule has 0 unspecified atom stereocenters. The summed E-state index contributed by atoms with van der Waals surface area (Å²) in [5.74, 6) is -0.464. The van der Waals surface area contributed by atoms with Gasteiger partial charge in [0.15, 0.2) is 5.75 Å². The Morgan fingerprint density at radius 1 is 1.32 bits per heavy atom. The van der Waals surface area contributed by atoms with Gasteiger partial charge in [-0.15, -0.1) is 0 Å². The Morgan fingerprint density at radius 2 is 1.84 bits per heavy atom. The highest BCUT2D eigenvalue weighted by molar-refractivity contribution is 7.92. The highest BCUT2D eigenvalue weighted by Crippen LogP contribution is 2.37. The summed E-state index contributed by atoms with van der Waals surface area (Å²) in [5, 5.41) is -0.413. The topological polar surface area (TPSA) is 55.4 Å². The standard InChI is InChI=1S/C10H11Cl2F2NO3S/c1-2-3-19(16,17)15-6-4-7(11)9(8(12)5-6)18-10(13)14/h4-5,10,15H,2-3H2,1H3. The molecule has 0 bridgehead atoms. The van der Waals surface area contributed by atoms with E-state index >= 15 is 0 Å². The van der Waals surface area contributed by atoms with Gasteiger partial charge < -0.3 is 4.74 Å². The van der Waals surface area contributed by atoms with Crippen LogP contribution >= 0.6 is 23.2 Å². The number of rotatable bonds is 6. The zero-order valence-electron chi connectivity index (χ0n) is 9.79. The molecule has 1 N–H and O–H groups in total. The summed E-state index contributed by atoms with van der Waals surface area (Å²) >= 11 is 11.4. The van der Waals surface area contributed by atoms with Crippen molar-refractivity contribution in [2.75, 3.05) is 10.5 Å². The Kier molecular flexibility index (Phi) is 5.64. The van der Waals surface area contributed by atoms with Gasteiger partial charge in [0.2, 0.25) is 10.0 Å². The minimum Gasteiger partial charge on any atom is -0.432 e. The molecule has 9 heteroatoms. The Morgan fingerprint density at radius 3 is 2.26 bits per heavy atom. The first-order valence-corrected chi connectivity index (χ1v) is 7.60. The van der Waals surface area contributed by atoms with Gasteiger partial charge in [0.1, 0.15) is 0 Å². The summed E-state index contributed by atoms with van der Waals surface area (Å²) in [4.78, 5) is 0. The number of sulfonamides is 1. The maximum atomic E-state index is 12.1. The predicted octanol–water partition coefficient (Wildman–Crippen LogP) is 3.75. The molecular weight excluding hydrogens is 323 g/mol. The first kappa shape index (κ1) is 16.3. The monoisotopic (exact) mass is 333 g/mol. The van der Waals surface area contributed by atoms with E-state index in [1.54, 1.807) is 6.92 Å². The zero-order valence-corrected chi connectivity index (χ0v) is 12.1. The van der Waals surface area contributed by atoms with E-state index < -0.39 is 22.4 Å². The van der Waals surface area contributed by atoms with E-state index in [2.05, 4.69) is 9.46 Å². The summed E-state index contributed by atoms with van der Waals surface area (Å²) in [6.07, 6.45) is 0.434. The van der Waals surface area contributed by atoms with Crippen LogP contribution in [0.15, 0.2) is 12.1 Å². The van der Waals surface area contributed by atoms with Gasteiger partial charge in [-0.2, -0.15) is 8.78 Å². The van der Waals surface area contributed by atoms with E-state index in [-0.39, 0.29) is 21.5 Å². The third-order valence-electron chi connectivity index (χ3n) is 1.95. The fourth-order valence-corrected chi connectivity index (χ4v) is 3.01. The number of benzene rings is 1. The fourth-order valence-electron chi connectivity index (χ4n) is 1.32. The van der Waals surface area contributed by atoms with Crippen LogP contribution in [-0.4, -0.2) is 20.8 Å². The van der Waals surface area contributed by atoms with Crippen LogP contribution in [0.4, 0.5) is 14.5 Å². The highest BCUT2D eigenvalue weighted by atomic mass is 35.5. The molecule has 0 radical (unpaired) electrons. The number of hydrogen-bond donors (Lipinski definition) is 1. The zero-order chi connectivity index (χ0) is 14.6. The number of nitrogens with one attached hydrogen (secondary N) is 1. The van der Waals surface area contributed by atoms with Crippen molar-refractivity contribution in [3.05, 3.63) is 22.2 Å². The lowest BCUT2D eigenvalue weighted by Crippen LogP contribution is -2.16. The molecule has 0 aliphatic carbocycles. The predicted molar refractivity (Wildman–Crippen MR) is 70.8 cm³/mol. The van der Waals surface area contributed by atoms with Gasteiger partial charge in [0.25, 0.3) is 0 Å². The number of anilines is 1. The lowest BCUT2D eigenvalue weighted by atomic mass is 10.3. The number of halogens is 4. The minimum atomic E-state index is -3.51. The van der Waals surface area contributed by atoms with Gasteiger partial charge >= 0.3 is 6.61 Å². The molecule has 1 aromatic rings. The summed E-state index contributed by atoms with van der Waals surface area (Å²) in [5.41, 5.74) is 0.0880. The van der Waals surface area contributed by atoms with Gasteiger partial charge in [0, 0.05) is 0 Å². The molecule has 0 aromatic heterocycles. The maximum Gasteiger partial charge on any atom is 0.387 e. The molecule has 0 aliphatic rings. The van der Waals surface area contributed by atoms with E-state index in [9.17, 15) is 17.2 Å². The van der Waals surface area contributed by atoms with Gasteiger partial charge in [-0.1, -0.05) is 30.1 Å². The molecule has 0 atom stereocenters. The Labute approximate surface area is 119 Å². The Balaban J connectivity index is 3.01. The molecular formula is C10H11Cl2F2NO3S. The van der Waals surface area contributed by atoms with E-state index in [1.165, 1.54) is 0 Å². The molecule has 0 aliphatic heterocycles. The average Bonchev–Trinajstić information content (AvgIpc) is 2.22. The van der Waals surface area contributed by atoms with Crippen molar-refractivity contribution in [1.82, 2.24) is 0 Å². The molecule has 0 saturated carbocycles. The van der Waals surface area contributed by atoms with Crippen molar-refractivity contribution >= 4 is 38.9 Å². The quantitative estimate of drug-likeness (QED) is 0.862. The van der Waals surface area contributed by atoms with Gasteiger partial charge in [-0.05, 0) is 18.6 Å². The number of hydrogen-bond acceptors (Lipinski definition) is 3. The SMILES string of the molecule is CCCS(=O)(=O)Nc1cc(Cl)c(OC(F)F)c(Cl)c1. The highest BCUT2D eigenvalue weighted by Gasteiger charge is 2.16. The second kappa shape index (κ2) is 6.58. The molecule has 0 heterocycles.